The van der Waals surface area contributed by atoms with Gasteiger partial charge in [-0.25, -0.2) is 4.79 Å². The Kier molecular flexibility index (Phi) is 13.2. The van der Waals surface area contributed by atoms with Crippen LogP contribution in [0.5, 0.6) is 0 Å². The molecule has 0 radical (unpaired) electrons. The highest BCUT2D eigenvalue weighted by Gasteiger charge is 2.41. The van der Waals surface area contributed by atoms with E-state index in [9.17, 15) is 37.1 Å². The number of Topliss-reactive ketones (excluding diaryl/α,β-unsaturated/α-hetero) is 1. The molecular formula is C35H37F3N2O6. The summed E-state index contributed by atoms with van der Waals surface area (Å²) >= 11 is 0. The smallest absolute Gasteiger partial charge is 0.389 e. The highest BCUT2D eigenvalue weighted by molar-refractivity contribution is 5.99. The topological polar surface area (TPSA) is 119 Å². The number of ketones is 1. The molecule has 0 aliphatic heterocycles. The number of ether oxygens (including phenoxy) is 1. The van der Waals surface area contributed by atoms with Crippen LogP contribution in [0, 0.1) is 11.8 Å². The van der Waals surface area contributed by atoms with Crippen LogP contribution < -0.4 is 10.6 Å². The summed E-state index contributed by atoms with van der Waals surface area (Å²) in [5.41, 5.74) is 1.58. The molecule has 3 rings (SSSR count). The minimum Gasteiger partial charge on any atom is -0.389 e. The van der Waals surface area contributed by atoms with Crippen molar-refractivity contribution >= 4 is 29.5 Å². The van der Waals surface area contributed by atoms with Gasteiger partial charge < -0.3 is 15.4 Å². The summed E-state index contributed by atoms with van der Waals surface area (Å²) in [6.07, 6.45) is -5.46. The SMILES string of the molecule is CC(C)C[C@H](NC(=O)[C@H](CCc1ccccc1)NC(=O)C(F)(F)F)C(=O)C[C@@H](Cc1ccccc1)C(=O)OC(=O)c1ccccc1. The second kappa shape index (κ2) is 17.0. The standard InChI is InChI=1S/C35H37F3N2O6/c1-23(2)20-29(39-31(42)28(40-34(45)35(36,37)38)19-18-24-12-6-3-7-13-24)30(41)22-27(21-25-14-8-4-9-15-25)33(44)46-32(43)26-16-10-5-11-17-26/h3-17,23,27-29H,18-22H2,1-2H3,(H,39,42)(H,40,45)/t27-,28+,29+/m1/s1. The molecule has 0 unspecified atom stereocenters. The first kappa shape index (κ1) is 35.7. The van der Waals surface area contributed by atoms with Gasteiger partial charge in [0.05, 0.1) is 17.5 Å². The van der Waals surface area contributed by atoms with Crippen LogP contribution in [0.25, 0.3) is 0 Å². The summed E-state index contributed by atoms with van der Waals surface area (Å²) < 4.78 is 44.5. The molecule has 0 aliphatic carbocycles. The van der Waals surface area contributed by atoms with Gasteiger partial charge in [-0.05, 0) is 54.9 Å². The van der Waals surface area contributed by atoms with Crippen molar-refractivity contribution < 1.29 is 41.9 Å². The predicted molar refractivity (Wildman–Crippen MR) is 164 cm³/mol. The number of carbonyl (C=O) groups excluding carboxylic acids is 5. The molecule has 46 heavy (non-hydrogen) atoms. The van der Waals surface area contributed by atoms with Crippen LogP contribution in [0.4, 0.5) is 13.2 Å². The average molecular weight is 639 g/mol. The van der Waals surface area contributed by atoms with Crippen molar-refractivity contribution in [2.24, 2.45) is 11.8 Å². The quantitative estimate of drug-likeness (QED) is 0.170. The molecular weight excluding hydrogens is 601 g/mol. The Morgan fingerprint density at radius 3 is 1.83 bits per heavy atom. The van der Waals surface area contributed by atoms with E-state index in [0.717, 1.165) is 5.56 Å². The van der Waals surface area contributed by atoms with E-state index >= 15 is 0 Å². The molecule has 0 bridgehead atoms. The van der Waals surface area contributed by atoms with E-state index in [1.54, 1.807) is 98.0 Å². The first-order valence-corrected chi connectivity index (χ1v) is 14.9. The normalized spacial score (nSPS) is 13.3. The Bertz CT molecular complexity index is 1460. The number of halogens is 3. The molecule has 3 aromatic rings. The van der Waals surface area contributed by atoms with Gasteiger partial charge in [0.1, 0.15) is 6.04 Å². The molecule has 2 N–H and O–H groups in total. The van der Waals surface area contributed by atoms with Crippen molar-refractivity contribution in [1.82, 2.24) is 10.6 Å². The summed E-state index contributed by atoms with van der Waals surface area (Å²) in [6.45, 7) is 3.58. The zero-order chi connectivity index (χ0) is 33.7. The summed E-state index contributed by atoms with van der Waals surface area (Å²) in [6, 6.07) is 22.6. The van der Waals surface area contributed by atoms with Crippen LogP contribution in [-0.2, 0) is 36.8 Å². The molecule has 8 nitrogen and oxygen atoms in total. The average Bonchev–Trinajstić information content (AvgIpc) is 3.02. The Labute approximate surface area is 265 Å². The molecule has 2 amide bonds. The van der Waals surface area contributed by atoms with Crippen LogP contribution >= 0.6 is 0 Å². The maximum absolute atomic E-state index is 13.7. The molecule has 0 spiro atoms. The van der Waals surface area contributed by atoms with E-state index in [0.29, 0.717) is 5.56 Å². The Morgan fingerprint density at radius 2 is 1.28 bits per heavy atom. The Hall–Kier alpha value is -4.80. The number of alkyl halides is 3. The lowest BCUT2D eigenvalue weighted by Crippen LogP contribution is -2.54. The van der Waals surface area contributed by atoms with Crippen LogP contribution in [0.3, 0.4) is 0 Å². The molecule has 0 fully saturated rings. The largest absolute Gasteiger partial charge is 0.471 e. The third-order valence-electron chi connectivity index (χ3n) is 7.16. The third-order valence-corrected chi connectivity index (χ3v) is 7.16. The van der Waals surface area contributed by atoms with Crippen molar-refractivity contribution in [3.05, 3.63) is 108 Å². The second-order valence-corrected chi connectivity index (χ2v) is 11.4. The van der Waals surface area contributed by atoms with E-state index in [2.05, 4.69) is 5.32 Å². The first-order chi connectivity index (χ1) is 21.8. The molecule has 0 saturated carbocycles. The number of hydrogen-bond donors (Lipinski definition) is 2. The van der Waals surface area contributed by atoms with Gasteiger partial charge in [-0.3, -0.25) is 19.2 Å². The lowest BCUT2D eigenvalue weighted by Gasteiger charge is -2.25. The van der Waals surface area contributed by atoms with Crippen molar-refractivity contribution in [3.63, 3.8) is 0 Å². The number of esters is 2. The molecule has 11 heteroatoms. The van der Waals surface area contributed by atoms with Gasteiger partial charge in [-0.2, -0.15) is 13.2 Å². The van der Waals surface area contributed by atoms with Gasteiger partial charge in [0, 0.05) is 6.42 Å². The fraction of sp³-hybridized carbons (Fsp3) is 0.343. The van der Waals surface area contributed by atoms with Crippen LogP contribution in [0.15, 0.2) is 91.0 Å². The summed E-state index contributed by atoms with van der Waals surface area (Å²) in [5, 5.41) is 4.28. The van der Waals surface area contributed by atoms with Gasteiger partial charge in [0.2, 0.25) is 5.91 Å². The maximum Gasteiger partial charge on any atom is 0.471 e. The number of hydrogen-bond acceptors (Lipinski definition) is 6. The van der Waals surface area contributed by atoms with Crippen molar-refractivity contribution in [1.29, 1.82) is 0 Å². The van der Waals surface area contributed by atoms with Crippen molar-refractivity contribution in [2.75, 3.05) is 0 Å². The fourth-order valence-corrected chi connectivity index (χ4v) is 4.81. The van der Waals surface area contributed by atoms with Crippen molar-refractivity contribution in [2.45, 2.75) is 64.2 Å². The van der Waals surface area contributed by atoms with Gasteiger partial charge in [-0.1, -0.05) is 92.7 Å². The van der Waals surface area contributed by atoms with E-state index in [1.807, 2.05) is 0 Å². The number of amides is 2. The van der Waals surface area contributed by atoms with E-state index in [-0.39, 0.29) is 37.2 Å². The highest BCUT2D eigenvalue weighted by atomic mass is 19.4. The number of aryl methyl sites for hydroxylation is 1. The molecule has 0 aromatic heterocycles. The number of nitrogens with one attached hydrogen (secondary N) is 2. The van der Waals surface area contributed by atoms with Gasteiger partial charge in [0.25, 0.3) is 0 Å². The molecule has 0 heterocycles. The zero-order valence-corrected chi connectivity index (χ0v) is 25.6. The third kappa shape index (κ3) is 11.6. The summed E-state index contributed by atoms with van der Waals surface area (Å²) in [5.74, 6) is -6.87. The van der Waals surface area contributed by atoms with Crippen LogP contribution in [0.1, 0.15) is 54.6 Å². The molecule has 244 valence electrons. The summed E-state index contributed by atoms with van der Waals surface area (Å²) in [7, 11) is 0. The lowest BCUT2D eigenvalue weighted by molar-refractivity contribution is -0.174. The Morgan fingerprint density at radius 1 is 0.739 bits per heavy atom. The first-order valence-electron chi connectivity index (χ1n) is 14.9. The lowest BCUT2D eigenvalue weighted by atomic mass is 9.89. The number of carbonyl (C=O) groups is 5. The minimum atomic E-state index is -5.22. The van der Waals surface area contributed by atoms with Gasteiger partial charge in [-0.15, -0.1) is 0 Å². The fourth-order valence-electron chi connectivity index (χ4n) is 4.81. The molecule has 3 atom stereocenters. The summed E-state index contributed by atoms with van der Waals surface area (Å²) in [4.78, 5) is 64.7. The van der Waals surface area contributed by atoms with E-state index in [1.165, 1.54) is 12.1 Å². The van der Waals surface area contributed by atoms with Crippen molar-refractivity contribution in [3.8, 4) is 0 Å². The molecule has 0 saturated heterocycles. The van der Waals surface area contributed by atoms with Crippen LogP contribution in [-0.4, -0.2) is 47.8 Å². The zero-order valence-electron chi connectivity index (χ0n) is 25.6. The molecule has 3 aromatic carbocycles. The minimum absolute atomic E-state index is 0.0527. The second-order valence-electron chi connectivity index (χ2n) is 11.4. The maximum atomic E-state index is 13.7. The Balaban J connectivity index is 1.81. The van der Waals surface area contributed by atoms with Crippen LogP contribution in [0.2, 0.25) is 0 Å². The van der Waals surface area contributed by atoms with E-state index < -0.39 is 60.1 Å². The van der Waals surface area contributed by atoms with Gasteiger partial charge >= 0.3 is 24.0 Å². The highest BCUT2D eigenvalue weighted by Crippen LogP contribution is 2.20. The monoisotopic (exact) mass is 638 g/mol. The van der Waals surface area contributed by atoms with Gasteiger partial charge in [0.15, 0.2) is 5.78 Å². The van der Waals surface area contributed by atoms with E-state index in [4.69, 9.17) is 4.74 Å². The number of benzene rings is 3. The number of rotatable bonds is 15. The molecule has 0 aliphatic rings. The predicted octanol–water partition coefficient (Wildman–Crippen LogP) is 5.40.